The van der Waals surface area contributed by atoms with Crippen LogP contribution in [0.3, 0.4) is 0 Å². The van der Waals surface area contributed by atoms with Gasteiger partial charge in [-0.05, 0) is 25.8 Å². The third-order valence-electron chi connectivity index (χ3n) is 5.80. The summed E-state index contributed by atoms with van der Waals surface area (Å²) >= 11 is 0. The van der Waals surface area contributed by atoms with E-state index >= 15 is 0 Å². The van der Waals surface area contributed by atoms with Crippen molar-refractivity contribution in [3.8, 4) is 0 Å². The summed E-state index contributed by atoms with van der Waals surface area (Å²) in [6, 6.07) is 1.89. The van der Waals surface area contributed by atoms with E-state index in [9.17, 15) is 4.79 Å². The van der Waals surface area contributed by atoms with Gasteiger partial charge >= 0.3 is 0 Å². The molecule has 7 nitrogen and oxygen atoms in total. The molecule has 0 radical (unpaired) electrons. The molecule has 0 aromatic carbocycles. The van der Waals surface area contributed by atoms with Crippen LogP contribution in [0.4, 0.5) is 0 Å². The Balaban J connectivity index is 1.51. The molecule has 0 atom stereocenters. The molecule has 1 saturated carbocycles. The van der Waals surface area contributed by atoms with E-state index in [1.54, 1.807) is 10.7 Å². The third-order valence-corrected chi connectivity index (χ3v) is 5.80. The van der Waals surface area contributed by atoms with Gasteiger partial charge in [-0.3, -0.25) is 9.69 Å². The van der Waals surface area contributed by atoms with Crippen LogP contribution in [0, 0.1) is 6.92 Å². The zero-order valence-corrected chi connectivity index (χ0v) is 15.4. The summed E-state index contributed by atoms with van der Waals surface area (Å²) in [4.78, 5) is 19.9. The number of aryl methyl sites for hydroxylation is 1. The Morgan fingerprint density at radius 1 is 1.27 bits per heavy atom. The van der Waals surface area contributed by atoms with Crippen LogP contribution in [0.2, 0.25) is 0 Å². The summed E-state index contributed by atoms with van der Waals surface area (Å²) in [5, 5.41) is 7.44. The van der Waals surface area contributed by atoms with Crippen molar-refractivity contribution in [1.82, 2.24) is 24.8 Å². The first-order chi connectivity index (χ1) is 12.7. The van der Waals surface area contributed by atoms with E-state index in [2.05, 4.69) is 20.3 Å². The van der Waals surface area contributed by atoms with Crippen LogP contribution < -0.4 is 5.32 Å². The van der Waals surface area contributed by atoms with E-state index in [4.69, 9.17) is 4.74 Å². The fourth-order valence-electron chi connectivity index (χ4n) is 4.31. The molecule has 4 rings (SSSR count). The Morgan fingerprint density at radius 3 is 2.81 bits per heavy atom. The lowest BCUT2D eigenvalue weighted by molar-refractivity contribution is -0.0361. The standard InChI is InChI=1S/C19H27N5O2/c1-15-5-8-24-17(22-15)16(13-21-24)18(25)20-14-19(6-3-2-4-7-19)23-9-11-26-12-10-23/h5,8,13H,2-4,6-7,9-12,14H2,1H3,(H,20,25). The molecule has 2 aliphatic rings. The predicted octanol–water partition coefficient (Wildman–Crippen LogP) is 1.80. The van der Waals surface area contributed by atoms with Crippen molar-refractivity contribution in [2.24, 2.45) is 0 Å². The number of fused-ring (bicyclic) bond motifs is 1. The molecule has 7 heteroatoms. The van der Waals surface area contributed by atoms with Crippen LogP contribution in [-0.4, -0.2) is 63.8 Å². The van der Waals surface area contributed by atoms with Crippen LogP contribution in [-0.2, 0) is 4.74 Å². The van der Waals surface area contributed by atoms with Crippen molar-refractivity contribution < 1.29 is 9.53 Å². The molecular formula is C19H27N5O2. The molecule has 0 bridgehead atoms. The number of carbonyl (C=O) groups is 1. The number of amides is 1. The summed E-state index contributed by atoms with van der Waals surface area (Å²) in [5.41, 5.74) is 2.10. The molecule has 0 spiro atoms. The molecule has 1 aliphatic carbocycles. The first-order valence-corrected chi connectivity index (χ1v) is 9.60. The first kappa shape index (κ1) is 17.4. The Morgan fingerprint density at radius 2 is 2.04 bits per heavy atom. The van der Waals surface area contributed by atoms with Gasteiger partial charge < -0.3 is 10.1 Å². The molecule has 1 saturated heterocycles. The van der Waals surface area contributed by atoms with Gasteiger partial charge in [-0.15, -0.1) is 0 Å². The van der Waals surface area contributed by atoms with Crippen LogP contribution in [0.5, 0.6) is 0 Å². The SMILES string of the molecule is Cc1ccn2ncc(C(=O)NCC3(N4CCOCC4)CCCCC3)c2n1. The Kier molecular flexibility index (Phi) is 4.91. The lowest BCUT2D eigenvalue weighted by Crippen LogP contribution is -2.59. The molecule has 2 aromatic heterocycles. The predicted molar refractivity (Wildman–Crippen MR) is 98.3 cm³/mol. The van der Waals surface area contributed by atoms with Gasteiger partial charge in [-0.2, -0.15) is 5.10 Å². The van der Waals surface area contributed by atoms with Gasteiger partial charge in [0.25, 0.3) is 5.91 Å². The first-order valence-electron chi connectivity index (χ1n) is 9.60. The average Bonchev–Trinajstić information content (AvgIpc) is 3.11. The quantitative estimate of drug-likeness (QED) is 0.903. The molecular weight excluding hydrogens is 330 g/mol. The van der Waals surface area contributed by atoms with E-state index in [1.807, 2.05) is 19.2 Å². The molecule has 1 amide bonds. The minimum Gasteiger partial charge on any atom is -0.379 e. The molecule has 2 fully saturated rings. The fraction of sp³-hybridized carbons (Fsp3) is 0.632. The summed E-state index contributed by atoms with van der Waals surface area (Å²) < 4.78 is 7.18. The van der Waals surface area contributed by atoms with Crippen LogP contribution >= 0.6 is 0 Å². The summed E-state index contributed by atoms with van der Waals surface area (Å²) in [5.74, 6) is -0.0868. The molecule has 26 heavy (non-hydrogen) atoms. The van der Waals surface area contributed by atoms with Crippen LogP contribution in [0.25, 0.3) is 5.65 Å². The second-order valence-electron chi connectivity index (χ2n) is 7.46. The molecule has 1 N–H and O–H groups in total. The monoisotopic (exact) mass is 357 g/mol. The van der Waals surface area contributed by atoms with E-state index in [0.717, 1.165) is 44.8 Å². The van der Waals surface area contributed by atoms with Crippen molar-refractivity contribution in [1.29, 1.82) is 0 Å². The lowest BCUT2D eigenvalue weighted by Gasteiger charge is -2.48. The maximum Gasteiger partial charge on any atom is 0.256 e. The summed E-state index contributed by atoms with van der Waals surface area (Å²) in [6.45, 7) is 6.07. The fourth-order valence-corrected chi connectivity index (χ4v) is 4.31. The van der Waals surface area contributed by atoms with Crippen molar-refractivity contribution in [3.63, 3.8) is 0 Å². The van der Waals surface area contributed by atoms with Gasteiger partial charge in [0.15, 0.2) is 5.65 Å². The number of rotatable bonds is 4. The largest absolute Gasteiger partial charge is 0.379 e. The van der Waals surface area contributed by atoms with Crippen LogP contribution in [0.1, 0.15) is 48.2 Å². The number of nitrogens with one attached hydrogen (secondary N) is 1. The average molecular weight is 357 g/mol. The topological polar surface area (TPSA) is 71.8 Å². The number of hydrogen-bond acceptors (Lipinski definition) is 5. The third kappa shape index (κ3) is 3.33. The van der Waals surface area contributed by atoms with Gasteiger partial charge in [0.2, 0.25) is 0 Å². The van der Waals surface area contributed by atoms with Gasteiger partial charge in [-0.25, -0.2) is 9.50 Å². The van der Waals surface area contributed by atoms with Gasteiger partial charge in [0.05, 0.1) is 19.4 Å². The van der Waals surface area contributed by atoms with E-state index in [-0.39, 0.29) is 11.4 Å². The highest BCUT2D eigenvalue weighted by Crippen LogP contribution is 2.34. The number of hydrogen-bond donors (Lipinski definition) is 1. The second kappa shape index (κ2) is 7.32. The number of carbonyl (C=O) groups excluding carboxylic acids is 1. The molecule has 2 aromatic rings. The Hall–Kier alpha value is -1.99. The van der Waals surface area contributed by atoms with E-state index in [1.165, 1.54) is 19.3 Å². The normalized spacial score (nSPS) is 21.0. The second-order valence-corrected chi connectivity index (χ2v) is 7.46. The Bertz CT molecular complexity index is 775. The lowest BCUT2D eigenvalue weighted by atomic mass is 9.79. The van der Waals surface area contributed by atoms with Crippen molar-refractivity contribution in [3.05, 3.63) is 29.7 Å². The van der Waals surface area contributed by atoms with Crippen molar-refractivity contribution in [2.45, 2.75) is 44.6 Å². The van der Waals surface area contributed by atoms with Crippen LogP contribution in [0.15, 0.2) is 18.5 Å². The minimum absolute atomic E-state index is 0.0595. The van der Waals surface area contributed by atoms with Gasteiger partial charge in [0, 0.05) is 37.1 Å². The maximum absolute atomic E-state index is 12.9. The maximum atomic E-state index is 12.9. The van der Waals surface area contributed by atoms with E-state index in [0.29, 0.717) is 17.8 Å². The number of nitrogens with zero attached hydrogens (tertiary/aromatic N) is 4. The number of aromatic nitrogens is 3. The number of morpholine rings is 1. The number of ether oxygens (including phenoxy) is 1. The van der Waals surface area contributed by atoms with Gasteiger partial charge in [0.1, 0.15) is 5.56 Å². The highest BCUT2D eigenvalue weighted by molar-refractivity contribution is 5.99. The smallest absolute Gasteiger partial charge is 0.256 e. The van der Waals surface area contributed by atoms with Crippen molar-refractivity contribution >= 4 is 11.6 Å². The van der Waals surface area contributed by atoms with Crippen molar-refractivity contribution in [2.75, 3.05) is 32.8 Å². The highest BCUT2D eigenvalue weighted by atomic mass is 16.5. The molecule has 140 valence electrons. The van der Waals surface area contributed by atoms with Gasteiger partial charge in [-0.1, -0.05) is 19.3 Å². The summed E-state index contributed by atoms with van der Waals surface area (Å²) in [7, 11) is 0. The zero-order chi connectivity index (χ0) is 18.0. The Labute approximate surface area is 153 Å². The highest BCUT2D eigenvalue weighted by Gasteiger charge is 2.39. The zero-order valence-electron chi connectivity index (χ0n) is 15.4. The summed E-state index contributed by atoms with van der Waals surface area (Å²) in [6.07, 6.45) is 9.47. The minimum atomic E-state index is -0.0868. The molecule has 1 aliphatic heterocycles. The van der Waals surface area contributed by atoms with E-state index < -0.39 is 0 Å². The molecule has 3 heterocycles. The molecule has 0 unspecified atom stereocenters.